The quantitative estimate of drug-likeness (QED) is 0.769. The Morgan fingerprint density at radius 1 is 0.960 bits per heavy atom. The summed E-state index contributed by atoms with van der Waals surface area (Å²) in [7, 11) is 0. The number of primary amides is 1. The number of amides is 2. The minimum absolute atomic E-state index is 0.320. The van der Waals surface area contributed by atoms with E-state index in [4.69, 9.17) is 5.73 Å². The van der Waals surface area contributed by atoms with Crippen LogP contribution in [0.4, 0.5) is 5.69 Å². The van der Waals surface area contributed by atoms with Crippen molar-refractivity contribution < 1.29 is 9.59 Å². The van der Waals surface area contributed by atoms with Crippen molar-refractivity contribution in [2.24, 2.45) is 5.73 Å². The lowest BCUT2D eigenvalue weighted by atomic mass is 9.94. The number of nitriles is 1. The summed E-state index contributed by atoms with van der Waals surface area (Å²) in [4.78, 5) is 24.2. The van der Waals surface area contributed by atoms with Gasteiger partial charge in [-0.2, -0.15) is 5.26 Å². The van der Waals surface area contributed by atoms with E-state index < -0.39 is 11.8 Å². The molecule has 3 rings (SSSR count). The van der Waals surface area contributed by atoms with Crippen molar-refractivity contribution in [1.82, 2.24) is 0 Å². The standard InChI is InChI=1S/C20H15N3O2/c21-12-17(19(22)24)16-11-10-13-6-4-5-9-15(13)18(16)23-20(25)14-7-2-1-3-8-14/h1-11,17H,(H2,22,24)(H,23,25). The van der Waals surface area contributed by atoms with Crippen molar-refractivity contribution in [1.29, 1.82) is 5.26 Å². The minimum atomic E-state index is -1.14. The van der Waals surface area contributed by atoms with Gasteiger partial charge >= 0.3 is 0 Å². The molecule has 0 bridgehead atoms. The molecule has 1 unspecified atom stereocenters. The lowest BCUT2D eigenvalue weighted by molar-refractivity contribution is -0.118. The van der Waals surface area contributed by atoms with E-state index in [1.54, 1.807) is 36.4 Å². The van der Waals surface area contributed by atoms with Crippen molar-refractivity contribution in [3.8, 4) is 6.07 Å². The van der Waals surface area contributed by atoms with Crippen LogP contribution in [-0.2, 0) is 4.79 Å². The molecule has 0 aromatic heterocycles. The highest BCUT2D eigenvalue weighted by Gasteiger charge is 2.23. The third kappa shape index (κ3) is 3.19. The number of nitrogens with two attached hydrogens (primary N) is 1. The molecule has 0 radical (unpaired) electrons. The maximum absolute atomic E-state index is 12.6. The Labute approximate surface area is 144 Å². The summed E-state index contributed by atoms with van der Waals surface area (Å²) < 4.78 is 0. The Hall–Kier alpha value is -3.65. The molecule has 0 aliphatic rings. The number of hydrogen-bond acceptors (Lipinski definition) is 3. The third-order valence-corrected chi connectivity index (χ3v) is 3.96. The highest BCUT2D eigenvalue weighted by Crippen LogP contribution is 2.32. The van der Waals surface area contributed by atoms with Crippen LogP contribution >= 0.6 is 0 Å². The molecular weight excluding hydrogens is 314 g/mol. The lowest BCUT2D eigenvalue weighted by Gasteiger charge is -2.16. The van der Waals surface area contributed by atoms with Crippen molar-refractivity contribution in [3.63, 3.8) is 0 Å². The smallest absolute Gasteiger partial charge is 0.255 e. The molecule has 5 heteroatoms. The largest absolute Gasteiger partial charge is 0.368 e. The van der Waals surface area contributed by atoms with Gasteiger partial charge in [0.05, 0.1) is 11.8 Å². The second-order valence-corrected chi connectivity index (χ2v) is 5.54. The Kier molecular flexibility index (Phi) is 4.44. The Bertz CT molecular complexity index is 991. The normalized spacial score (nSPS) is 11.5. The average Bonchev–Trinajstić information content (AvgIpc) is 2.64. The van der Waals surface area contributed by atoms with Crippen molar-refractivity contribution in [3.05, 3.63) is 77.9 Å². The number of benzene rings is 3. The van der Waals surface area contributed by atoms with Crippen LogP contribution in [0.1, 0.15) is 21.8 Å². The molecule has 1 atom stereocenters. The zero-order chi connectivity index (χ0) is 17.8. The molecule has 2 amide bonds. The molecule has 3 aromatic rings. The monoisotopic (exact) mass is 329 g/mol. The summed E-state index contributed by atoms with van der Waals surface area (Å²) in [6, 6.07) is 21.5. The molecule has 25 heavy (non-hydrogen) atoms. The second-order valence-electron chi connectivity index (χ2n) is 5.54. The van der Waals surface area contributed by atoms with Crippen LogP contribution in [0.2, 0.25) is 0 Å². The predicted molar refractivity (Wildman–Crippen MR) is 95.9 cm³/mol. The van der Waals surface area contributed by atoms with Gasteiger partial charge in [0.1, 0.15) is 0 Å². The Morgan fingerprint density at radius 2 is 1.64 bits per heavy atom. The van der Waals surface area contributed by atoms with E-state index in [2.05, 4.69) is 5.32 Å². The van der Waals surface area contributed by atoms with E-state index >= 15 is 0 Å². The van der Waals surface area contributed by atoms with E-state index in [1.165, 1.54) is 0 Å². The maximum Gasteiger partial charge on any atom is 0.255 e. The fourth-order valence-corrected chi connectivity index (χ4v) is 2.73. The molecule has 0 saturated carbocycles. The van der Waals surface area contributed by atoms with E-state index in [9.17, 15) is 14.9 Å². The predicted octanol–water partition coefficient (Wildman–Crippen LogP) is 3.18. The third-order valence-electron chi connectivity index (χ3n) is 3.96. The topological polar surface area (TPSA) is 96.0 Å². The van der Waals surface area contributed by atoms with Crippen molar-refractivity contribution in [2.75, 3.05) is 5.32 Å². The number of carbonyl (C=O) groups is 2. The van der Waals surface area contributed by atoms with E-state index in [0.29, 0.717) is 16.8 Å². The number of nitrogens with zero attached hydrogens (tertiary/aromatic N) is 1. The molecule has 5 nitrogen and oxygen atoms in total. The first-order chi connectivity index (χ1) is 12.1. The number of hydrogen-bond donors (Lipinski definition) is 2. The van der Waals surface area contributed by atoms with Crippen LogP contribution in [0.15, 0.2) is 66.7 Å². The molecule has 0 aliphatic heterocycles. The molecule has 0 spiro atoms. The zero-order valence-corrected chi connectivity index (χ0v) is 13.3. The van der Waals surface area contributed by atoms with Crippen LogP contribution in [-0.4, -0.2) is 11.8 Å². The van der Waals surface area contributed by atoms with Gasteiger partial charge in [-0.25, -0.2) is 0 Å². The van der Waals surface area contributed by atoms with Crippen LogP contribution in [0.25, 0.3) is 10.8 Å². The minimum Gasteiger partial charge on any atom is -0.368 e. The van der Waals surface area contributed by atoms with E-state index in [1.807, 2.05) is 36.4 Å². The lowest BCUT2D eigenvalue weighted by Crippen LogP contribution is -2.22. The SMILES string of the molecule is N#CC(C(N)=O)c1ccc2ccccc2c1NC(=O)c1ccccc1. The molecule has 0 saturated heterocycles. The summed E-state index contributed by atoms with van der Waals surface area (Å²) in [5.74, 6) is -2.22. The van der Waals surface area contributed by atoms with Gasteiger partial charge < -0.3 is 11.1 Å². The van der Waals surface area contributed by atoms with E-state index in [0.717, 1.165) is 10.8 Å². The molecular formula is C20H15N3O2. The van der Waals surface area contributed by atoms with Gasteiger partial charge in [-0.15, -0.1) is 0 Å². The van der Waals surface area contributed by atoms with Gasteiger partial charge in [-0.1, -0.05) is 54.6 Å². The average molecular weight is 329 g/mol. The first-order valence-corrected chi connectivity index (χ1v) is 7.69. The Balaban J connectivity index is 2.15. The fourth-order valence-electron chi connectivity index (χ4n) is 2.73. The number of fused-ring (bicyclic) bond motifs is 1. The summed E-state index contributed by atoms with van der Waals surface area (Å²) in [5, 5.41) is 13.8. The van der Waals surface area contributed by atoms with Gasteiger partial charge in [-0.3, -0.25) is 9.59 Å². The van der Waals surface area contributed by atoms with Crippen LogP contribution in [0.3, 0.4) is 0 Å². The van der Waals surface area contributed by atoms with Gasteiger partial charge in [0, 0.05) is 16.5 Å². The van der Waals surface area contributed by atoms with E-state index in [-0.39, 0.29) is 5.91 Å². The number of carbonyl (C=O) groups excluding carboxylic acids is 2. The Morgan fingerprint density at radius 3 is 2.32 bits per heavy atom. The number of nitrogens with one attached hydrogen (secondary N) is 1. The van der Waals surface area contributed by atoms with Crippen molar-refractivity contribution in [2.45, 2.75) is 5.92 Å². The number of anilines is 1. The van der Waals surface area contributed by atoms with Gasteiger partial charge in [0.15, 0.2) is 5.92 Å². The zero-order valence-electron chi connectivity index (χ0n) is 13.3. The van der Waals surface area contributed by atoms with Gasteiger partial charge in [0.2, 0.25) is 5.91 Å². The highest BCUT2D eigenvalue weighted by atomic mass is 16.2. The highest BCUT2D eigenvalue weighted by molar-refractivity contribution is 6.11. The first-order valence-electron chi connectivity index (χ1n) is 7.69. The van der Waals surface area contributed by atoms with Gasteiger partial charge in [0.25, 0.3) is 5.91 Å². The molecule has 0 fully saturated rings. The van der Waals surface area contributed by atoms with Crippen molar-refractivity contribution >= 4 is 28.3 Å². The fraction of sp³-hybridized carbons (Fsp3) is 0.0500. The van der Waals surface area contributed by atoms with Gasteiger partial charge in [-0.05, 0) is 17.5 Å². The molecule has 3 N–H and O–H groups in total. The molecule has 122 valence electrons. The summed E-state index contributed by atoms with van der Waals surface area (Å²) in [6.45, 7) is 0. The summed E-state index contributed by atoms with van der Waals surface area (Å²) in [6.07, 6.45) is 0. The van der Waals surface area contributed by atoms with Crippen LogP contribution in [0, 0.1) is 11.3 Å². The molecule has 0 aliphatic carbocycles. The van der Waals surface area contributed by atoms with Crippen LogP contribution < -0.4 is 11.1 Å². The number of rotatable bonds is 4. The first kappa shape index (κ1) is 16.2. The maximum atomic E-state index is 12.6. The summed E-state index contributed by atoms with van der Waals surface area (Å²) >= 11 is 0. The summed E-state index contributed by atoms with van der Waals surface area (Å²) in [5.41, 5.74) is 6.66. The second kappa shape index (κ2) is 6.85. The molecule has 3 aromatic carbocycles. The molecule has 0 heterocycles. The van der Waals surface area contributed by atoms with Crippen LogP contribution in [0.5, 0.6) is 0 Å².